The van der Waals surface area contributed by atoms with Gasteiger partial charge in [-0.2, -0.15) is 0 Å². The van der Waals surface area contributed by atoms with Crippen LogP contribution in [0, 0.1) is 0 Å². The minimum absolute atomic E-state index is 0.216. The van der Waals surface area contributed by atoms with Crippen molar-refractivity contribution in [2.24, 2.45) is 5.73 Å². The zero-order valence-corrected chi connectivity index (χ0v) is 11.0. The van der Waals surface area contributed by atoms with Crippen molar-refractivity contribution in [2.45, 2.75) is 25.8 Å². The quantitative estimate of drug-likeness (QED) is 0.348. The molecule has 0 fully saturated rings. The first-order chi connectivity index (χ1) is 7.24. The van der Waals surface area contributed by atoms with E-state index in [9.17, 15) is 0 Å². The van der Waals surface area contributed by atoms with Crippen LogP contribution in [0.1, 0.15) is 19.8 Å². The Labute approximate surface area is 93.2 Å². The van der Waals surface area contributed by atoms with Crippen LogP contribution in [0.15, 0.2) is 0 Å². The summed E-state index contributed by atoms with van der Waals surface area (Å²) in [5.41, 5.74) is 5.34. The number of rotatable bonds is 10. The van der Waals surface area contributed by atoms with Crippen LogP contribution in [0.4, 0.5) is 0 Å². The molecule has 0 aromatic carbocycles. The van der Waals surface area contributed by atoms with E-state index in [1.54, 1.807) is 14.2 Å². The fraction of sp³-hybridized carbons (Fsp3) is 1.00. The lowest BCUT2D eigenvalue weighted by Crippen LogP contribution is -2.44. The van der Waals surface area contributed by atoms with Gasteiger partial charge in [0.15, 0.2) is 0 Å². The maximum Gasteiger partial charge on any atom is 0.502 e. The van der Waals surface area contributed by atoms with Gasteiger partial charge in [0.1, 0.15) is 6.79 Å². The van der Waals surface area contributed by atoms with Crippen LogP contribution in [0.5, 0.6) is 0 Å². The van der Waals surface area contributed by atoms with Crippen molar-refractivity contribution in [3.63, 3.8) is 0 Å². The first kappa shape index (κ1) is 15.0. The molecule has 15 heavy (non-hydrogen) atoms. The third-order valence-electron chi connectivity index (χ3n) is 2.03. The summed E-state index contributed by atoms with van der Waals surface area (Å²) in [6, 6.07) is 0.806. The van der Waals surface area contributed by atoms with Crippen LogP contribution in [-0.4, -0.2) is 43.0 Å². The number of ether oxygens (including phenoxy) is 1. The molecule has 0 aliphatic heterocycles. The van der Waals surface area contributed by atoms with Crippen LogP contribution in [0.2, 0.25) is 6.04 Å². The van der Waals surface area contributed by atoms with E-state index in [0.29, 0.717) is 13.2 Å². The Morgan fingerprint density at radius 1 is 1.20 bits per heavy atom. The Hall–Kier alpha value is 0.0169. The summed E-state index contributed by atoms with van der Waals surface area (Å²) in [4.78, 5) is 0. The lowest BCUT2D eigenvalue weighted by atomic mass is 10.5. The van der Waals surface area contributed by atoms with E-state index in [2.05, 4.69) is 6.92 Å². The fourth-order valence-electron chi connectivity index (χ4n) is 1.16. The van der Waals surface area contributed by atoms with Crippen molar-refractivity contribution in [2.75, 3.05) is 34.2 Å². The first-order valence-electron chi connectivity index (χ1n) is 5.26. The van der Waals surface area contributed by atoms with Crippen molar-refractivity contribution < 1.29 is 18.0 Å². The number of hydrogen-bond acceptors (Lipinski definition) is 5. The van der Waals surface area contributed by atoms with E-state index < -0.39 is 8.80 Å². The molecule has 2 N–H and O–H groups in total. The van der Waals surface area contributed by atoms with E-state index in [1.165, 1.54) is 0 Å². The van der Waals surface area contributed by atoms with E-state index in [0.717, 1.165) is 18.9 Å². The molecule has 0 atom stereocenters. The van der Waals surface area contributed by atoms with Crippen LogP contribution < -0.4 is 5.73 Å². The van der Waals surface area contributed by atoms with E-state index in [4.69, 9.17) is 23.7 Å². The average Bonchev–Trinajstić information content (AvgIpc) is 2.27. The van der Waals surface area contributed by atoms with Gasteiger partial charge in [0.05, 0.1) is 6.61 Å². The summed E-state index contributed by atoms with van der Waals surface area (Å²) in [5.74, 6) is 0. The first-order valence-corrected chi connectivity index (χ1v) is 7.20. The van der Waals surface area contributed by atoms with Crippen LogP contribution in [0.3, 0.4) is 0 Å². The zero-order chi connectivity index (χ0) is 11.6. The van der Waals surface area contributed by atoms with Crippen molar-refractivity contribution in [1.29, 1.82) is 0 Å². The fourth-order valence-corrected chi connectivity index (χ4v) is 2.99. The molecule has 0 heterocycles. The van der Waals surface area contributed by atoms with Gasteiger partial charge in [0.2, 0.25) is 0 Å². The van der Waals surface area contributed by atoms with E-state index in [1.807, 2.05) is 0 Å². The molecule has 0 radical (unpaired) electrons. The minimum Gasteiger partial charge on any atom is -0.377 e. The Bertz CT molecular complexity index is 144. The molecule has 5 nitrogen and oxygen atoms in total. The second-order valence-corrected chi connectivity index (χ2v) is 6.13. The topological polar surface area (TPSA) is 62.9 Å². The Morgan fingerprint density at radius 2 is 1.87 bits per heavy atom. The second-order valence-electron chi connectivity index (χ2n) is 3.15. The molecular formula is C9H23NO4Si. The molecule has 0 bridgehead atoms. The summed E-state index contributed by atoms with van der Waals surface area (Å²) in [5, 5.41) is 0. The van der Waals surface area contributed by atoms with Gasteiger partial charge in [-0.1, -0.05) is 13.3 Å². The molecule has 0 spiro atoms. The van der Waals surface area contributed by atoms with Gasteiger partial charge in [0.25, 0.3) is 0 Å². The zero-order valence-electron chi connectivity index (χ0n) is 9.95. The highest BCUT2D eigenvalue weighted by atomic mass is 28.4. The number of nitrogens with two attached hydrogens (primary N) is 1. The lowest BCUT2D eigenvalue weighted by molar-refractivity contribution is -0.0330. The van der Waals surface area contributed by atoms with Crippen LogP contribution >= 0.6 is 0 Å². The SMILES string of the molecule is CCC[Si](OC)(OC)OCOCCCN. The highest BCUT2D eigenvalue weighted by Gasteiger charge is 2.37. The number of hydrogen-bond donors (Lipinski definition) is 1. The van der Waals surface area contributed by atoms with E-state index >= 15 is 0 Å². The third-order valence-corrected chi connectivity index (χ3v) is 4.95. The summed E-state index contributed by atoms with van der Waals surface area (Å²) < 4.78 is 21.4. The second kappa shape index (κ2) is 9.26. The van der Waals surface area contributed by atoms with Gasteiger partial charge in [-0.15, -0.1) is 0 Å². The van der Waals surface area contributed by atoms with Gasteiger partial charge in [0, 0.05) is 20.3 Å². The predicted molar refractivity (Wildman–Crippen MR) is 60.4 cm³/mol. The average molecular weight is 237 g/mol. The Kier molecular flexibility index (Phi) is 9.27. The summed E-state index contributed by atoms with van der Waals surface area (Å²) in [7, 11) is 0.773. The smallest absolute Gasteiger partial charge is 0.377 e. The normalized spacial score (nSPS) is 12.0. The van der Waals surface area contributed by atoms with Gasteiger partial charge >= 0.3 is 8.80 Å². The third kappa shape index (κ3) is 6.24. The largest absolute Gasteiger partial charge is 0.502 e. The summed E-state index contributed by atoms with van der Waals surface area (Å²) >= 11 is 0. The van der Waals surface area contributed by atoms with Gasteiger partial charge in [-0.05, 0) is 13.0 Å². The molecule has 0 saturated heterocycles. The van der Waals surface area contributed by atoms with Crippen LogP contribution in [-0.2, 0) is 18.0 Å². The molecule has 92 valence electrons. The molecule has 6 heteroatoms. The Morgan fingerprint density at radius 3 is 2.33 bits per heavy atom. The maximum absolute atomic E-state index is 5.55. The highest BCUT2D eigenvalue weighted by molar-refractivity contribution is 6.60. The molecular weight excluding hydrogens is 214 g/mol. The van der Waals surface area contributed by atoms with Crippen molar-refractivity contribution in [1.82, 2.24) is 0 Å². The highest BCUT2D eigenvalue weighted by Crippen LogP contribution is 2.15. The van der Waals surface area contributed by atoms with E-state index in [-0.39, 0.29) is 6.79 Å². The standard InChI is InChI=1S/C9H23NO4Si/c1-4-8-15(11-2,12-3)14-9-13-7-5-6-10/h4-10H2,1-3H3. The summed E-state index contributed by atoms with van der Waals surface area (Å²) in [6.07, 6.45) is 1.81. The van der Waals surface area contributed by atoms with Crippen molar-refractivity contribution in [3.8, 4) is 0 Å². The van der Waals surface area contributed by atoms with Crippen molar-refractivity contribution in [3.05, 3.63) is 0 Å². The molecule has 0 unspecified atom stereocenters. The van der Waals surface area contributed by atoms with Crippen molar-refractivity contribution >= 4 is 8.80 Å². The molecule has 0 rings (SSSR count). The molecule has 0 aromatic heterocycles. The lowest BCUT2D eigenvalue weighted by Gasteiger charge is -2.25. The molecule has 0 saturated carbocycles. The van der Waals surface area contributed by atoms with Crippen LogP contribution in [0.25, 0.3) is 0 Å². The molecule has 0 aliphatic carbocycles. The Balaban J connectivity index is 3.74. The monoisotopic (exact) mass is 237 g/mol. The van der Waals surface area contributed by atoms with Gasteiger partial charge < -0.3 is 23.7 Å². The molecule has 0 amide bonds. The predicted octanol–water partition coefficient (Wildman–Crippen LogP) is 0.968. The summed E-state index contributed by atoms with van der Waals surface area (Å²) in [6.45, 7) is 3.53. The molecule has 0 aliphatic rings. The van der Waals surface area contributed by atoms with Gasteiger partial charge in [-0.25, -0.2) is 0 Å². The minimum atomic E-state index is -2.46. The van der Waals surface area contributed by atoms with Gasteiger partial charge in [-0.3, -0.25) is 0 Å². The molecule has 0 aromatic rings. The maximum atomic E-state index is 5.55.